The molecule has 1 aromatic heterocycles. The lowest BCUT2D eigenvalue weighted by atomic mass is 9.82. The van der Waals surface area contributed by atoms with E-state index in [1.54, 1.807) is 0 Å². The van der Waals surface area contributed by atoms with Crippen LogP contribution in [0.3, 0.4) is 0 Å². The highest BCUT2D eigenvalue weighted by Crippen LogP contribution is 2.58. The average Bonchev–Trinajstić information content (AvgIpc) is 3.84. The Morgan fingerprint density at radius 1 is 0.367 bits per heavy atom. The van der Waals surface area contributed by atoms with Crippen LogP contribution in [0.2, 0.25) is 0 Å². The lowest BCUT2D eigenvalue weighted by molar-refractivity contribution is 0.660. The van der Waals surface area contributed by atoms with Gasteiger partial charge in [-0.15, -0.1) is 0 Å². The minimum Gasteiger partial charge on any atom is -0.309 e. The van der Waals surface area contributed by atoms with Crippen LogP contribution in [-0.2, 0) is 10.8 Å². The van der Waals surface area contributed by atoms with Gasteiger partial charge < -0.3 is 9.47 Å². The van der Waals surface area contributed by atoms with E-state index in [-0.39, 0.29) is 10.8 Å². The van der Waals surface area contributed by atoms with Crippen molar-refractivity contribution in [2.75, 3.05) is 4.90 Å². The van der Waals surface area contributed by atoms with E-state index in [1.165, 1.54) is 105 Å². The molecule has 60 heavy (non-hydrogen) atoms. The second-order valence-corrected chi connectivity index (χ2v) is 17.7. The Morgan fingerprint density at radius 3 is 1.43 bits per heavy atom. The summed E-state index contributed by atoms with van der Waals surface area (Å²) < 4.78 is 2.44. The maximum Gasteiger partial charge on any atom is 0.0543 e. The first-order valence-corrected chi connectivity index (χ1v) is 21.2. The van der Waals surface area contributed by atoms with E-state index >= 15 is 0 Å². The molecule has 2 aliphatic carbocycles. The Bertz CT molecular complexity index is 3230. The third-order valence-electron chi connectivity index (χ3n) is 13.8. The number of nitrogens with zero attached hydrogens (tertiary/aromatic N) is 2. The zero-order chi connectivity index (χ0) is 40.3. The summed E-state index contributed by atoms with van der Waals surface area (Å²) in [4.78, 5) is 2.56. The molecule has 2 nitrogen and oxygen atoms in total. The molecule has 0 fully saturated rings. The van der Waals surface area contributed by atoms with Crippen molar-refractivity contribution in [2.24, 2.45) is 0 Å². The van der Waals surface area contributed by atoms with Crippen LogP contribution >= 0.6 is 0 Å². The van der Waals surface area contributed by atoms with Crippen molar-refractivity contribution in [1.82, 2.24) is 4.57 Å². The normalized spacial score (nSPS) is 14.3. The molecule has 0 unspecified atom stereocenters. The maximum absolute atomic E-state index is 2.56. The Morgan fingerprint density at radius 2 is 0.817 bits per heavy atom. The molecule has 0 aliphatic heterocycles. The molecular weight excluding hydrogens is 725 g/mol. The number of rotatable bonds is 5. The second-order valence-electron chi connectivity index (χ2n) is 17.7. The van der Waals surface area contributed by atoms with Gasteiger partial charge in [-0.2, -0.15) is 0 Å². The number of aromatic nitrogens is 1. The molecule has 0 N–H and O–H groups in total. The number of hydrogen-bond donors (Lipinski definition) is 0. The Labute approximate surface area is 351 Å². The van der Waals surface area contributed by atoms with E-state index in [0.717, 1.165) is 5.69 Å². The average molecular weight is 769 g/mol. The number of para-hydroxylation sites is 2. The third-order valence-corrected chi connectivity index (χ3v) is 13.8. The van der Waals surface area contributed by atoms with Gasteiger partial charge in [-0.3, -0.25) is 0 Å². The number of fused-ring (bicyclic) bond motifs is 10. The maximum atomic E-state index is 2.56. The lowest BCUT2D eigenvalue weighted by Crippen LogP contribution is -2.17. The van der Waals surface area contributed by atoms with Crippen molar-refractivity contribution >= 4 is 49.6 Å². The first-order valence-electron chi connectivity index (χ1n) is 21.2. The Balaban J connectivity index is 1.10. The molecule has 0 atom stereocenters. The van der Waals surface area contributed by atoms with Gasteiger partial charge in [-0.05, 0) is 92.4 Å². The molecule has 0 spiro atoms. The summed E-state index contributed by atoms with van der Waals surface area (Å²) in [6, 6.07) is 72.3. The number of anilines is 3. The van der Waals surface area contributed by atoms with Crippen LogP contribution in [0.15, 0.2) is 194 Å². The molecule has 286 valence electrons. The lowest BCUT2D eigenvalue weighted by Gasteiger charge is -2.31. The van der Waals surface area contributed by atoms with E-state index in [0.29, 0.717) is 0 Å². The smallest absolute Gasteiger partial charge is 0.0543 e. The molecule has 9 aromatic carbocycles. The topological polar surface area (TPSA) is 8.17 Å². The van der Waals surface area contributed by atoms with Crippen LogP contribution in [0.4, 0.5) is 17.1 Å². The van der Waals surface area contributed by atoms with E-state index < -0.39 is 0 Å². The van der Waals surface area contributed by atoms with Crippen molar-refractivity contribution in [3.05, 3.63) is 216 Å². The highest BCUT2D eigenvalue weighted by Gasteiger charge is 2.40. The van der Waals surface area contributed by atoms with Gasteiger partial charge in [0.1, 0.15) is 0 Å². The van der Waals surface area contributed by atoms with Gasteiger partial charge in [0.25, 0.3) is 0 Å². The largest absolute Gasteiger partial charge is 0.309 e. The van der Waals surface area contributed by atoms with Gasteiger partial charge in [0, 0.05) is 43.8 Å². The van der Waals surface area contributed by atoms with Crippen molar-refractivity contribution in [1.29, 1.82) is 0 Å². The van der Waals surface area contributed by atoms with Crippen LogP contribution in [0, 0.1) is 0 Å². The molecule has 0 bridgehead atoms. The van der Waals surface area contributed by atoms with Crippen LogP contribution in [0.5, 0.6) is 0 Å². The molecular formula is C58H44N2. The highest BCUT2D eigenvalue weighted by atomic mass is 15.1. The highest BCUT2D eigenvalue weighted by molar-refractivity contribution is 6.11. The molecule has 2 aliphatic rings. The quantitative estimate of drug-likeness (QED) is 0.169. The molecule has 0 amide bonds. The summed E-state index contributed by atoms with van der Waals surface area (Å²) in [5.74, 6) is 0. The number of hydrogen-bond acceptors (Lipinski definition) is 1. The fourth-order valence-corrected chi connectivity index (χ4v) is 11.0. The van der Waals surface area contributed by atoms with Crippen molar-refractivity contribution in [3.8, 4) is 39.1 Å². The van der Waals surface area contributed by atoms with Crippen molar-refractivity contribution in [3.63, 3.8) is 0 Å². The monoisotopic (exact) mass is 768 g/mol. The van der Waals surface area contributed by atoms with E-state index in [9.17, 15) is 0 Å². The molecule has 12 rings (SSSR count). The van der Waals surface area contributed by atoms with Gasteiger partial charge in [0.15, 0.2) is 0 Å². The minimum absolute atomic E-state index is 0.125. The molecule has 10 aromatic rings. The fraction of sp³-hybridized carbons (Fsp3) is 0.103. The molecule has 0 saturated heterocycles. The summed E-state index contributed by atoms with van der Waals surface area (Å²) in [6.07, 6.45) is 0. The van der Waals surface area contributed by atoms with Crippen molar-refractivity contribution < 1.29 is 0 Å². The molecule has 1 heterocycles. The van der Waals surface area contributed by atoms with Crippen LogP contribution in [-0.4, -0.2) is 4.57 Å². The summed E-state index contributed by atoms with van der Waals surface area (Å²) in [5.41, 5.74) is 20.0. The predicted octanol–water partition coefficient (Wildman–Crippen LogP) is 15.7. The standard InChI is InChI=1S/C58H44N2/c1-57(2)46-27-9-5-22-44(46)55-48(57)29-16-34-53(55)59(54-35-17-30-49-56(54)45-23-6-10-28-47(45)58(49,3)4)38-19-13-18-37(36-38)39-24-14-26-41-40(39)25-15-33-52(41)60-50-31-11-7-20-42(50)43-21-8-12-32-51(43)60/h5-36H,1-4H3. The minimum atomic E-state index is -0.125. The zero-order valence-corrected chi connectivity index (χ0v) is 34.4. The summed E-state index contributed by atoms with van der Waals surface area (Å²) in [6.45, 7) is 9.50. The predicted molar refractivity (Wildman–Crippen MR) is 254 cm³/mol. The first kappa shape index (κ1) is 34.8. The van der Waals surface area contributed by atoms with Crippen LogP contribution in [0.1, 0.15) is 49.9 Å². The summed E-state index contributed by atoms with van der Waals surface area (Å²) in [7, 11) is 0. The second kappa shape index (κ2) is 12.7. The SMILES string of the molecule is CC1(C)c2ccccc2-c2c(N(c3cccc(-c4cccc5c(-n6c7ccccc7c7ccccc76)cccc45)c3)c3cccc4c3-c3ccccc3C4(C)C)cccc21. The third kappa shape index (κ3) is 4.76. The van der Waals surface area contributed by atoms with E-state index in [2.05, 4.69) is 231 Å². The van der Waals surface area contributed by atoms with Crippen molar-refractivity contribution in [2.45, 2.75) is 38.5 Å². The van der Waals surface area contributed by atoms with E-state index in [1.807, 2.05) is 0 Å². The Kier molecular flexibility index (Phi) is 7.36. The van der Waals surface area contributed by atoms with Gasteiger partial charge in [0.05, 0.1) is 28.1 Å². The molecule has 0 saturated carbocycles. The summed E-state index contributed by atoms with van der Waals surface area (Å²) >= 11 is 0. The zero-order valence-electron chi connectivity index (χ0n) is 34.4. The van der Waals surface area contributed by atoms with Gasteiger partial charge in [0.2, 0.25) is 0 Å². The van der Waals surface area contributed by atoms with Gasteiger partial charge in [-0.1, -0.05) is 179 Å². The number of benzene rings is 9. The molecule has 2 heteroatoms. The molecule has 0 radical (unpaired) electrons. The summed E-state index contributed by atoms with van der Waals surface area (Å²) in [5, 5.41) is 4.99. The Hall–Kier alpha value is -7.16. The van der Waals surface area contributed by atoms with E-state index in [4.69, 9.17) is 0 Å². The van der Waals surface area contributed by atoms with Gasteiger partial charge in [-0.25, -0.2) is 0 Å². The van der Waals surface area contributed by atoms with Crippen LogP contribution in [0.25, 0.3) is 71.6 Å². The van der Waals surface area contributed by atoms with Crippen LogP contribution < -0.4 is 4.90 Å². The van der Waals surface area contributed by atoms with Gasteiger partial charge >= 0.3 is 0 Å². The first-order chi connectivity index (χ1) is 29.3. The fourth-order valence-electron chi connectivity index (χ4n) is 11.0.